The molecular formula is C6H12O5S. The molecule has 0 aromatic heterocycles. The number of hydrogen-bond acceptors (Lipinski definition) is 4. The van der Waals surface area contributed by atoms with Crippen LogP contribution in [0.3, 0.4) is 0 Å². The first-order valence-corrected chi connectivity index (χ1v) is 4.68. The van der Waals surface area contributed by atoms with Crippen molar-refractivity contribution in [3.8, 4) is 0 Å². The van der Waals surface area contributed by atoms with Crippen molar-refractivity contribution in [2.75, 3.05) is 6.61 Å². The molecule has 0 rings (SSSR count). The Morgan fingerprint density at radius 3 is 2.67 bits per heavy atom. The second kappa shape index (κ2) is 6.10. The summed E-state index contributed by atoms with van der Waals surface area (Å²) >= 11 is -2.28. The normalized spacial score (nSPS) is 15.2. The van der Waals surface area contributed by atoms with Gasteiger partial charge in [-0.25, -0.2) is 4.21 Å². The van der Waals surface area contributed by atoms with E-state index in [4.69, 9.17) is 9.66 Å². The van der Waals surface area contributed by atoms with Gasteiger partial charge in [0.2, 0.25) is 0 Å². The van der Waals surface area contributed by atoms with Crippen LogP contribution in [-0.4, -0.2) is 31.9 Å². The number of ether oxygens (including phenoxy) is 1. The zero-order valence-electron chi connectivity index (χ0n) is 6.73. The highest BCUT2D eigenvalue weighted by atomic mass is 32.2. The number of hydrogen-bond donors (Lipinski definition) is 2. The molecule has 6 heteroatoms. The van der Waals surface area contributed by atoms with Gasteiger partial charge in [-0.3, -0.25) is 4.79 Å². The van der Waals surface area contributed by atoms with Gasteiger partial charge in [0, 0.05) is 6.42 Å². The largest absolute Gasteiger partial charge is 0.466 e. The average Bonchev–Trinajstić information content (AvgIpc) is 2.00. The Morgan fingerprint density at radius 1 is 1.67 bits per heavy atom. The lowest BCUT2D eigenvalue weighted by Gasteiger charge is -2.04. The van der Waals surface area contributed by atoms with Crippen molar-refractivity contribution in [3.05, 3.63) is 0 Å². The maximum atomic E-state index is 10.7. The molecule has 0 bridgehead atoms. The molecule has 2 unspecified atom stereocenters. The molecule has 12 heavy (non-hydrogen) atoms. The summed E-state index contributed by atoms with van der Waals surface area (Å²) in [6, 6.07) is 0. The molecule has 0 aliphatic carbocycles. The molecule has 0 heterocycles. The van der Waals surface area contributed by atoms with Gasteiger partial charge < -0.3 is 14.4 Å². The van der Waals surface area contributed by atoms with E-state index in [0.29, 0.717) is 0 Å². The third-order valence-corrected chi connectivity index (χ3v) is 1.83. The Bertz CT molecular complexity index is 169. The minimum Gasteiger partial charge on any atom is -0.466 e. The summed E-state index contributed by atoms with van der Waals surface area (Å²) < 4.78 is 23.1. The Labute approximate surface area is 73.0 Å². The zero-order valence-corrected chi connectivity index (χ0v) is 7.54. The molecule has 0 aromatic rings. The molecule has 0 fully saturated rings. The molecule has 0 aliphatic heterocycles. The lowest BCUT2D eigenvalue weighted by molar-refractivity contribution is -0.143. The van der Waals surface area contributed by atoms with Crippen molar-refractivity contribution >= 4 is 17.0 Å². The van der Waals surface area contributed by atoms with Crippen LogP contribution in [-0.2, 0) is 20.6 Å². The van der Waals surface area contributed by atoms with Crippen molar-refractivity contribution in [2.45, 2.75) is 25.2 Å². The van der Waals surface area contributed by atoms with Gasteiger partial charge in [0.25, 0.3) is 0 Å². The van der Waals surface area contributed by atoms with Crippen LogP contribution in [0.4, 0.5) is 0 Å². The first kappa shape index (κ1) is 11.5. The predicted octanol–water partition coefficient (Wildman–Crippen LogP) is -0.130. The molecule has 0 saturated heterocycles. The quantitative estimate of drug-likeness (QED) is 0.472. The SMILES string of the molecule is CCOC(=O)CCC(O)S(=O)O. The number of carbonyl (C=O) groups is 1. The van der Waals surface area contributed by atoms with Gasteiger partial charge in [-0.2, -0.15) is 0 Å². The van der Waals surface area contributed by atoms with Crippen molar-refractivity contribution < 1.29 is 23.4 Å². The Kier molecular flexibility index (Phi) is 5.87. The first-order chi connectivity index (χ1) is 5.57. The fraction of sp³-hybridized carbons (Fsp3) is 0.833. The van der Waals surface area contributed by atoms with Gasteiger partial charge in [-0.1, -0.05) is 0 Å². The standard InChI is InChI=1S/C6H12O5S/c1-2-11-5(7)3-4-6(8)12(9)10/h6,8H,2-4H2,1H3,(H,9,10). The first-order valence-electron chi connectivity index (χ1n) is 3.51. The van der Waals surface area contributed by atoms with Gasteiger partial charge in [-0.05, 0) is 13.3 Å². The maximum Gasteiger partial charge on any atom is 0.305 e. The van der Waals surface area contributed by atoms with Crippen LogP contribution in [0.1, 0.15) is 19.8 Å². The van der Waals surface area contributed by atoms with E-state index < -0.39 is 22.5 Å². The number of rotatable bonds is 5. The Balaban J connectivity index is 3.54. The van der Waals surface area contributed by atoms with Gasteiger partial charge in [-0.15, -0.1) is 0 Å². The Hall–Kier alpha value is -0.460. The van der Waals surface area contributed by atoms with Crippen LogP contribution in [0.5, 0.6) is 0 Å². The third kappa shape index (κ3) is 5.22. The van der Waals surface area contributed by atoms with Crippen LogP contribution >= 0.6 is 0 Å². The number of aliphatic hydroxyl groups excluding tert-OH is 1. The third-order valence-electron chi connectivity index (χ3n) is 1.13. The summed E-state index contributed by atoms with van der Waals surface area (Å²) in [4.78, 5) is 10.7. The summed E-state index contributed by atoms with van der Waals surface area (Å²) in [6.45, 7) is 1.94. The van der Waals surface area contributed by atoms with Crippen LogP contribution in [0, 0.1) is 0 Å². The molecule has 0 aromatic carbocycles. The molecule has 5 nitrogen and oxygen atoms in total. The van der Waals surface area contributed by atoms with Gasteiger partial charge in [0.1, 0.15) is 0 Å². The van der Waals surface area contributed by atoms with Gasteiger partial charge >= 0.3 is 5.97 Å². The minimum atomic E-state index is -2.28. The van der Waals surface area contributed by atoms with Crippen LogP contribution in [0.25, 0.3) is 0 Å². The fourth-order valence-corrected chi connectivity index (χ4v) is 0.895. The second-order valence-corrected chi connectivity index (χ2v) is 3.17. The molecule has 0 radical (unpaired) electrons. The van der Waals surface area contributed by atoms with E-state index in [1.807, 2.05) is 0 Å². The van der Waals surface area contributed by atoms with Crippen molar-refractivity contribution in [1.82, 2.24) is 0 Å². The average molecular weight is 196 g/mol. The maximum absolute atomic E-state index is 10.7. The van der Waals surface area contributed by atoms with E-state index in [-0.39, 0.29) is 19.4 Å². The van der Waals surface area contributed by atoms with E-state index in [1.165, 1.54) is 0 Å². The summed E-state index contributed by atoms with van der Waals surface area (Å²) in [5, 5.41) is 8.79. The van der Waals surface area contributed by atoms with E-state index in [0.717, 1.165) is 0 Å². The lowest BCUT2D eigenvalue weighted by atomic mass is 10.3. The number of carbonyl (C=O) groups excluding carboxylic acids is 1. The monoisotopic (exact) mass is 196 g/mol. The highest BCUT2D eigenvalue weighted by Crippen LogP contribution is 2.01. The summed E-state index contributed by atoms with van der Waals surface area (Å²) in [6.07, 6.45) is -0.0940. The second-order valence-electron chi connectivity index (χ2n) is 2.07. The summed E-state index contributed by atoms with van der Waals surface area (Å²) in [7, 11) is 0. The molecule has 0 spiro atoms. The van der Waals surface area contributed by atoms with E-state index in [1.54, 1.807) is 6.92 Å². The van der Waals surface area contributed by atoms with Gasteiger partial charge in [0.05, 0.1) is 6.61 Å². The van der Waals surface area contributed by atoms with Gasteiger partial charge in [0.15, 0.2) is 16.5 Å². The van der Waals surface area contributed by atoms with Crippen molar-refractivity contribution in [1.29, 1.82) is 0 Å². The zero-order chi connectivity index (χ0) is 9.56. The molecule has 0 aliphatic rings. The van der Waals surface area contributed by atoms with Crippen LogP contribution < -0.4 is 0 Å². The summed E-state index contributed by atoms with van der Waals surface area (Å²) in [5.41, 5.74) is -1.37. The minimum absolute atomic E-state index is 0.0404. The molecule has 2 N–H and O–H groups in total. The van der Waals surface area contributed by atoms with Crippen molar-refractivity contribution in [3.63, 3.8) is 0 Å². The van der Waals surface area contributed by atoms with Crippen LogP contribution in [0.15, 0.2) is 0 Å². The fourth-order valence-electron chi connectivity index (χ4n) is 0.575. The number of esters is 1. The van der Waals surface area contributed by atoms with E-state index in [9.17, 15) is 9.00 Å². The van der Waals surface area contributed by atoms with Crippen molar-refractivity contribution in [2.24, 2.45) is 0 Å². The molecule has 0 saturated carbocycles. The Morgan fingerprint density at radius 2 is 2.25 bits per heavy atom. The van der Waals surface area contributed by atoms with Crippen LogP contribution in [0.2, 0.25) is 0 Å². The highest BCUT2D eigenvalue weighted by molar-refractivity contribution is 7.79. The number of aliphatic hydroxyl groups is 1. The van der Waals surface area contributed by atoms with E-state index in [2.05, 4.69) is 4.74 Å². The molecular weight excluding hydrogens is 184 g/mol. The predicted molar refractivity (Wildman–Crippen MR) is 42.6 cm³/mol. The topological polar surface area (TPSA) is 83.8 Å². The van der Waals surface area contributed by atoms with E-state index >= 15 is 0 Å². The smallest absolute Gasteiger partial charge is 0.305 e. The molecule has 72 valence electrons. The molecule has 2 atom stereocenters. The highest BCUT2D eigenvalue weighted by Gasteiger charge is 2.12. The summed E-state index contributed by atoms with van der Waals surface area (Å²) in [5.74, 6) is -0.470. The molecule has 0 amide bonds. The lowest BCUT2D eigenvalue weighted by Crippen LogP contribution is -2.16.